The first-order valence-corrected chi connectivity index (χ1v) is 3.73. The van der Waals surface area contributed by atoms with Crippen molar-refractivity contribution < 1.29 is 9.57 Å². The minimum Gasteiger partial charge on any atom is -0.364 e. The molecule has 0 unspecified atom stereocenters. The molecule has 0 aromatic heterocycles. The number of nitrogens with zero attached hydrogens (tertiary/aromatic N) is 1. The normalized spacial score (nSPS) is 10.8. The van der Waals surface area contributed by atoms with E-state index >= 15 is 0 Å². The summed E-state index contributed by atoms with van der Waals surface area (Å²) in [7, 11) is 1.87. The molecule has 0 aromatic rings. The molecule has 0 rings (SSSR count). The highest BCUT2D eigenvalue weighted by molar-refractivity contribution is 4.23. The van der Waals surface area contributed by atoms with Crippen molar-refractivity contribution in [3.63, 3.8) is 0 Å². The lowest BCUT2D eigenvalue weighted by atomic mass is 10.5. The van der Waals surface area contributed by atoms with Crippen LogP contribution in [0.2, 0.25) is 0 Å². The molecule has 0 saturated heterocycles. The summed E-state index contributed by atoms with van der Waals surface area (Å²) in [6.45, 7) is 6.10. The van der Waals surface area contributed by atoms with E-state index < -0.39 is 0 Å². The molecule has 0 aliphatic heterocycles. The first kappa shape index (κ1) is 9.88. The lowest BCUT2D eigenvalue weighted by molar-refractivity contribution is -0.190. The second-order valence-electron chi connectivity index (χ2n) is 2.08. The van der Waals surface area contributed by atoms with Crippen LogP contribution in [0, 0.1) is 0 Å². The topological polar surface area (TPSA) is 21.7 Å². The summed E-state index contributed by atoms with van der Waals surface area (Å²) < 4.78 is 5.09. The van der Waals surface area contributed by atoms with Crippen LogP contribution >= 0.6 is 0 Å². The molecule has 0 saturated carbocycles. The predicted octanol–water partition coefficient (Wildman–Crippen LogP) is 1.25. The van der Waals surface area contributed by atoms with Crippen molar-refractivity contribution in [2.24, 2.45) is 0 Å². The minimum atomic E-state index is 0.552. The summed E-state index contributed by atoms with van der Waals surface area (Å²) in [4.78, 5) is 5.20. The molecule has 3 heteroatoms. The first-order valence-electron chi connectivity index (χ1n) is 3.73. The molecule has 0 radical (unpaired) electrons. The number of ether oxygens (including phenoxy) is 1. The highest BCUT2D eigenvalue weighted by atomic mass is 16.7. The third-order valence-corrected chi connectivity index (χ3v) is 0.993. The summed E-state index contributed by atoms with van der Waals surface area (Å²) in [5, 5.41) is 1.70. The molecule has 0 heterocycles. The lowest BCUT2D eigenvalue weighted by Crippen LogP contribution is -2.22. The van der Waals surface area contributed by atoms with Crippen LogP contribution in [0.3, 0.4) is 0 Å². The largest absolute Gasteiger partial charge is 0.364 e. The molecule has 0 aromatic carbocycles. The predicted molar refractivity (Wildman–Crippen MR) is 40.5 cm³/mol. The van der Waals surface area contributed by atoms with Gasteiger partial charge in [0.2, 0.25) is 0 Å². The Bertz CT molecular complexity index is 60.6. The molecular weight excluding hydrogens is 130 g/mol. The molecule has 62 valence electrons. The van der Waals surface area contributed by atoms with E-state index in [1.165, 1.54) is 0 Å². The third kappa shape index (κ3) is 6.01. The van der Waals surface area contributed by atoms with Crippen LogP contribution in [0.25, 0.3) is 0 Å². The standard InChI is InChI=1S/C7H17NO2/c1-4-6-10-8(3)7-9-5-2/h4-7H2,1-3H3. The van der Waals surface area contributed by atoms with Gasteiger partial charge in [0.25, 0.3) is 0 Å². The van der Waals surface area contributed by atoms with Crippen molar-refractivity contribution in [2.75, 3.05) is 27.0 Å². The zero-order chi connectivity index (χ0) is 7.82. The summed E-state index contributed by atoms with van der Waals surface area (Å²) in [5.74, 6) is 0. The van der Waals surface area contributed by atoms with E-state index in [4.69, 9.17) is 9.57 Å². The fourth-order valence-corrected chi connectivity index (χ4v) is 0.504. The molecule has 0 aliphatic rings. The highest BCUT2D eigenvalue weighted by Gasteiger charge is 1.94. The maximum Gasteiger partial charge on any atom is 0.122 e. The van der Waals surface area contributed by atoms with Crippen LogP contribution in [0.15, 0.2) is 0 Å². The highest BCUT2D eigenvalue weighted by Crippen LogP contribution is 1.87. The van der Waals surface area contributed by atoms with Gasteiger partial charge in [0, 0.05) is 13.7 Å². The van der Waals surface area contributed by atoms with Gasteiger partial charge in [-0.25, -0.2) is 0 Å². The minimum absolute atomic E-state index is 0.552. The van der Waals surface area contributed by atoms with Crippen molar-refractivity contribution >= 4 is 0 Å². The van der Waals surface area contributed by atoms with Crippen molar-refractivity contribution in [2.45, 2.75) is 20.3 Å². The van der Waals surface area contributed by atoms with Crippen LogP contribution in [0.4, 0.5) is 0 Å². The Labute approximate surface area is 62.9 Å². The van der Waals surface area contributed by atoms with Gasteiger partial charge in [-0.05, 0) is 13.3 Å². The first-order chi connectivity index (χ1) is 4.81. The van der Waals surface area contributed by atoms with Crippen molar-refractivity contribution in [1.82, 2.24) is 5.06 Å². The SMILES string of the molecule is CCCON(C)COCC. The number of hydrogen-bond donors (Lipinski definition) is 0. The van der Waals surface area contributed by atoms with E-state index in [1.807, 2.05) is 14.0 Å². The van der Waals surface area contributed by atoms with Gasteiger partial charge in [-0.15, -0.1) is 0 Å². The van der Waals surface area contributed by atoms with Gasteiger partial charge < -0.3 is 4.74 Å². The van der Waals surface area contributed by atoms with Gasteiger partial charge in [-0.3, -0.25) is 4.84 Å². The Balaban J connectivity index is 3.00. The zero-order valence-electron chi connectivity index (χ0n) is 7.09. The molecular formula is C7H17NO2. The number of rotatable bonds is 6. The fraction of sp³-hybridized carbons (Fsp3) is 1.00. The molecule has 0 atom stereocenters. The smallest absolute Gasteiger partial charge is 0.122 e. The van der Waals surface area contributed by atoms with E-state index in [0.717, 1.165) is 19.6 Å². The van der Waals surface area contributed by atoms with E-state index in [2.05, 4.69) is 6.92 Å². The Morgan fingerprint density at radius 1 is 1.30 bits per heavy atom. The summed E-state index contributed by atoms with van der Waals surface area (Å²) >= 11 is 0. The van der Waals surface area contributed by atoms with Crippen LogP contribution in [-0.2, 0) is 9.57 Å². The van der Waals surface area contributed by atoms with E-state index in [-0.39, 0.29) is 0 Å². The van der Waals surface area contributed by atoms with E-state index in [0.29, 0.717) is 6.73 Å². The lowest BCUT2D eigenvalue weighted by Gasteiger charge is -2.14. The van der Waals surface area contributed by atoms with Gasteiger partial charge in [-0.2, -0.15) is 5.06 Å². The van der Waals surface area contributed by atoms with Crippen LogP contribution in [-0.4, -0.2) is 32.1 Å². The van der Waals surface area contributed by atoms with Crippen LogP contribution < -0.4 is 0 Å². The average molecular weight is 147 g/mol. The average Bonchev–Trinajstić information content (AvgIpc) is 1.97. The molecule has 3 nitrogen and oxygen atoms in total. The Morgan fingerprint density at radius 2 is 2.00 bits per heavy atom. The molecule has 0 bridgehead atoms. The maximum absolute atomic E-state index is 5.20. The molecule has 0 amide bonds. The number of hydrogen-bond acceptors (Lipinski definition) is 3. The summed E-state index contributed by atoms with van der Waals surface area (Å²) in [6, 6.07) is 0. The monoisotopic (exact) mass is 147 g/mol. The quantitative estimate of drug-likeness (QED) is 0.417. The van der Waals surface area contributed by atoms with Crippen molar-refractivity contribution in [1.29, 1.82) is 0 Å². The van der Waals surface area contributed by atoms with Crippen LogP contribution in [0.1, 0.15) is 20.3 Å². The summed E-state index contributed by atoms with van der Waals surface area (Å²) in [5.41, 5.74) is 0. The molecule has 0 N–H and O–H groups in total. The molecule has 0 fully saturated rings. The maximum atomic E-state index is 5.20. The summed E-state index contributed by atoms with van der Waals surface area (Å²) in [6.07, 6.45) is 1.04. The molecule has 0 spiro atoms. The third-order valence-electron chi connectivity index (χ3n) is 0.993. The van der Waals surface area contributed by atoms with Gasteiger partial charge in [0.15, 0.2) is 0 Å². The van der Waals surface area contributed by atoms with Crippen molar-refractivity contribution in [3.05, 3.63) is 0 Å². The molecule has 10 heavy (non-hydrogen) atoms. The second-order valence-corrected chi connectivity index (χ2v) is 2.08. The Kier molecular flexibility index (Phi) is 6.91. The van der Waals surface area contributed by atoms with Gasteiger partial charge in [-0.1, -0.05) is 6.92 Å². The van der Waals surface area contributed by atoms with E-state index in [1.54, 1.807) is 5.06 Å². The van der Waals surface area contributed by atoms with Gasteiger partial charge in [0.05, 0.1) is 6.61 Å². The second kappa shape index (κ2) is 6.99. The fourth-order valence-electron chi connectivity index (χ4n) is 0.504. The molecule has 0 aliphatic carbocycles. The zero-order valence-corrected chi connectivity index (χ0v) is 7.09. The Hall–Kier alpha value is -0.120. The number of hydroxylamine groups is 2. The van der Waals surface area contributed by atoms with Gasteiger partial charge >= 0.3 is 0 Å². The Morgan fingerprint density at radius 3 is 2.50 bits per heavy atom. The van der Waals surface area contributed by atoms with Crippen LogP contribution in [0.5, 0.6) is 0 Å². The van der Waals surface area contributed by atoms with E-state index in [9.17, 15) is 0 Å². The van der Waals surface area contributed by atoms with Crippen molar-refractivity contribution in [3.8, 4) is 0 Å². The van der Waals surface area contributed by atoms with Gasteiger partial charge in [0.1, 0.15) is 6.73 Å².